The summed E-state index contributed by atoms with van der Waals surface area (Å²) < 4.78 is 0. The second-order valence-corrected chi connectivity index (χ2v) is 2.15. The van der Waals surface area contributed by atoms with Gasteiger partial charge in [0.15, 0.2) is 0 Å². The average molecular weight is 154 g/mol. The highest BCUT2D eigenvalue weighted by Crippen LogP contribution is 2.27. The summed E-state index contributed by atoms with van der Waals surface area (Å²) in [5.74, 6) is 0.0809. The highest BCUT2D eigenvalue weighted by atomic mass is 35.5. The first-order chi connectivity index (χ1) is 4.74. The van der Waals surface area contributed by atoms with E-state index in [1.807, 2.05) is 0 Å². The van der Waals surface area contributed by atoms with Crippen molar-refractivity contribution in [2.24, 2.45) is 0 Å². The van der Waals surface area contributed by atoms with E-state index in [4.69, 9.17) is 23.3 Å². The summed E-state index contributed by atoms with van der Waals surface area (Å²) in [5.41, 5.74) is 0.361. The summed E-state index contributed by atoms with van der Waals surface area (Å²) in [4.78, 5) is 3.12. The molecule has 0 atom stereocenters. The van der Waals surface area contributed by atoms with Crippen molar-refractivity contribution in [3.63, 3.8) is 0 Å². The fraction of sp³-hybridized carbons (Fsp3) is 0. The molecule has 0 unspecified atom stereocenters. The van der Waals surface area contributed by atoms with Crippen LogP contribution in [0.5, 0.6) is 5.75 Å². The van der Waals surface area contributed by atoms with E-state index in [1.54, 1.807) is 0 Å². The van der Waals surface area contributed by atoms with Crippen LogP contribution in [-0.4, -0.2) is 5.11 Å². The van der Waals surface area contributed by atoms with Gasteiger partial charge in [-0.05, 0) is 12.1 Å². The van der Waals surface area contributed by atoms with Gasteiger partial charge in [0, 0.05) is 0 Å². The van der Waals surface area contributed by atoms with E-state index >= 15 is 0 Å². The molecule has 0 saturated carbocycles. The molecule has 0 heterocycles. The van der Waals surface area contributed by atoms with Gasteiger partial charge in [-0.2, -0.15) is 0 Å². The van der Waals surface area contributed by atoms with Crippen LogP contribution in [0.1, 0.15) is 0 Å². The number of aromatic hydroxyl groups is 1. The zero-order chi connectivity index (χ0) is 7.56. The smallest absolute Gasteiger partial charge is 0.205 e. The molecule has 1 rings (SSSR count). The summed E-state index contributed by atoms with van der Waals surface area (Å²) in [5, 5.41) is 9.13. The highest BCUT2D eigenvalue weighted by molar-refractivity contribution is 6.33. The predicted octanol–water partition coefficient (Wildman–Crippen LogP) is 2.60. The lowest BCUT2D eigenvalue weighted by Crippen LogP contribution is -1.65. The van der Waals surface area contributed by atoms with Crippen molar-refractivity contribution >= 4 is 17.3 Å². The molecule has 1 aromatic rings. The van der Waals surface area contributed by atoms with Gasteiger partial charge < -0.3 is 5.11 Å². The van der Waals surface area contributed by atoms with E-state index in [0.717, 1.165) is 0 Å². The van der Waals surface area contributed by atoms with Crippen LogP contribution in [-0.2, 0) is 0 Å². The zero-order valence-electron chi connectivity index (χ0n) is 5.00. The van der Waals surface area contributed by atoms with Crippen LogP contribution in [0.25, 0.3) is 4.85 Å². The normalized spacial score (nSPS) is 8.80. The Morgan fingerprint density at radius 1 is 1.50 bits per heavy atom. The van der Waals surface area contributed by atoms with Gasteiger partial charge in [-0.15, -0.1) is 0 Å². The Kier molecular flexibility index (Phi) is 1.79. The lowest BCUT2D eigenvalue weighted by atomic mass is 10.3. The lowest BCUT2D eigenvalue weighted by molar-refractivity contribution is 0.475. The number of rotatable bonds is 0. The van der Waals surface area contributed by atoms with Crippen molar-refractivity contribution in [3.8, 4) is 5.75 Å². The Morgan fingerprint density at radius 3 is 2.70 bits per heavy atom. The minimum atomic E-state index is 0.0809. The Morgan fingerprint density at radius 2 is 2.20 bits per heavy atom. The van der Waals surface area contributed by atoms with Crippen LogP contribution >= 0.6 is 11.6 Å². The summed E-state index contributed by atoms with van der Waals surface area (Å²) in [6.07, 6.45) is 0. The van der Waals surface area contributed by atoms with E-state index in [-0.39, 0.29) is 10.8 Å². The van der Waals surface area contributed by atoms with Gasteiger partial charge in [-0.25, -0.2) is 4.85 Å². The molecule has 1 aromatic carbocycles. The standard InChI is InChI=1S/C7H4ClNO/c1-9-7-3-2-5(10)4-6(7)8/h2-4,10H. The number of halogens is 1. The molecule has 50 valence electrons. The molecule has 0 aliphatic rings. The predicted molar refractivity (Wildman–Crippen MR) is 39.4 cm³/mol. The van der Waals surface area contributed by atoms with E-state index in [2.05, 4.69) is 4.85 Å². The van der Waals surface area contributed by atoms with Crippen molar-refractivity contribution in [1.29, 1.82) is 0 Å². The van der Waals surface area contributed by atoms with Crippen LogP contribution in [0, 0.1) is 6.57 Å². The summed E-state index contributed by atoms with van der Waals surface area (Å²) >= 11 is 5.56. The quantitative estimate of drug-likeness (QED) is 0.570. The topological polar surface area (TPSA) is 24.6 Å². The second-order valence-electron chi connectivity index (χ2n) is 1.75. The molecule has 0 spiro atoms. The zero-order valence-corrected chi connectivity index (χ0v) is 5.76. The average Bonchev–Trinajstić information content (AvgIpc) is 1.88. The van der Waals surface area contributed by atoms with Crippen LogP contribution < -0.4 is 0 Å². The molecule has 3 heteroatoms. The van der Waals surface area contributed by atoms with E-state index in [0.29, 0.717) is 5.69 Å². The van der Waals surface area contributed by atoms with Gasteiger partial charge in [-0.1, -0.05) is 17.7 Å². The molecule has 0 radical (unpaired) electrons. The lowest BCUT2D eigenvalue weighted by Gasteiger charge is -1.93. The van der Waals surface area contributed by atoms with Crippen molar-refractivity contribution in [3.05, 3.63) is 34.6 Å². The fourth-order valence-corrected chi connectivity index (χ4v) is 0.804. The molecule has 0 aliphatic heterocycles. The third-order valence-corrected chi connectivity index (χ3v) is 1.35. The molecule has 0 amide bonds. The Hall–Kier alpha value is -1.20. The molecule has 0 bridgehead atoms. The SMILES string of the molecule is [C-]#[N+]c1ccc(O)cc1Cl. The van der Waals surface area contributed by atoms with Crippen molar-refractivity contribution < 1.29 is 5.11 Å². The minimum absolute atomic E-state index is 0.0809. The Balaban J connectivity index is 3.23. The van der Waals surface area contributed by atoms with Crippen molar-refractivity contribution in [2.75, 3.05) is 0 Å². The van der Waals surface area contributed by atoms with E-state index in [1.165, 1.54) is 18.2 Å². The fourth-order valence-electron chi connectivity index (χ4n) is 0.586. The molecule has 0 aromatic heterocycles. The maximum atomic E-state index is 8.85. The van der Waals surface area contributed by atoms with Gasteiger partial charge in [0.25, 0.3) is 0 Å². The molecule has 0 saturated heterocycles. The number of hydrogen-bond acceptors (Lipinski definition) is 1. The van der Waals surface area contributed by atoms with Gasteiger partial charge in [0.05, 0.1) is 11.6 Å². The maximum Gasteiger partial charge on any atom is 0.205 e. The highest BCUT2D eigenvalue weighted by Gasteiger charge is 1.98. The molecule has 0 aliphatic carbocycles. The van der Waals surface area contributed by atoms with Crippen molar-refractivity contribution in [1.82, 2.24) is 0 Å². The maximum absolute atomic E-state index is 8.85. The molecular weight excluding hydrogens is 150 g/mol. The first-order valence-electron chi connectivity index (χ1n) is 2.60. The van der Waals surface area contributed by atoms with Crippen molar-refractivity contribution in [2.45, 2.75) is 0 Å². The summed E-state index contributed by atoms with van der Waals surface area (Å²) in [7, 11) is 0. The third kappa shape index (κ3) is 1.20. The monoisotopic (exact) mass is 153 g/mol. The molecule has 0 fully saturated rings. The Bertz CT molecular complexity index is 290. The third-order valence-electron chi connectivity index (χ3n) is 1.05. The first-order valence-corrected chi connectivity index (χ1v) is 2.98. The molecule has 2 nitrogen and oxygen atoms in total. The Labute approximate surface area is 63.5 Å². The number of hydrogen-bond donors (Lipinski definition) is 1. The number of phenols is 1. The van der Waals surface area contributed by atoms with Gasteiger partial charge in [-0.3, -0.25) is 0 Å². The van der Waals surface area contributed by atoms with Crippen LogP contribution in [0.15, 0.2) is 18.2 Å². The largest absolute Gasteiger partial charge is 0.508 e. The van der Waals surface area contributed by atoms with Crippen LogP contribution in [0.3, 0.4) is 0 Å². The molecular formula is C7H4ClNO. The van der Waals surface area contributed by atoms with Gasteiger partial charge >= 0.3 is 0 Å². The van der Waals surface area contributed by atoms with Crippen LogP contribution in [0.2, 0.25) is 5.02 Å². The summed E-state index contributed by atoms with van der Waals surface area (Å²) in [6.45, 7) is 6.61. The summed E-state index contributed by atoms with van der Waals surface area (Å²) in [6, 6.07) is 4.25. The van der Waals surface area contributed by atoms with Crippen LogP contribution in [0.4, 0.5) is 5.69 Å². The first kappa shape index (κ1) is 6.91. The number of phenolic OH excluding ortho intramolecular Hbond substituents is 1. The second kappa shape index (κ2) is 2.59. The molecule has 10 heavy (non-hydrogen) atoms. The molecule has 1 N–H and O–H groups in total. The minimum Gasteiger partial charge on any atom is -0.508 e. The number of benzene rings is 1. The van der Waals surface area contributed by atoms with Gasteiger partial charge in [0.2, 0.25) is 5.69 Å². The van der Waals surface area contributed by atoms with E-state index in [9.17, 15) is 0 Å². The number of nitrogens with zero attached hydrogens (tertiary/aromatic N) is 1. The van der Waals surface area contributed by atoms with Gasteiger partial charge in [0.1, 0.15) is 5.75 Å². The van der Waals surface area contributed by atoms with E-state index < -0.39 is 0 Å².